The molecule has 1 heterocycles. The van der Waals surface area contributed by atoms with Crippen molar-refractivity contribution in [2.45, 2.75) is 12.2 Å². The fraction of sp³-hybridized carbons (Fsp3) is 0.500. The SMILES string of the molecule is Fc1cccc(CSCC2CCNC2)c1. The Morgan fingerprint density at radius 3 is 3.13 bits per heavy atom. The molecule has 1 nitrogen and oxygen atoms in total. The second-order valence-corrected chi connectivity index (χ2v) is 5.03. The highest BCUT2D eigenvalue weighted by atomic mass is 32.2. The molecule has 1 aromatic carbocycles. The lowest BCUT2D eigenvalue weighted by molar-refractivity contribution is 0.626. The third-order valence-electron chi connectivity index (χ3n) is 2.67. The third kappa shape index (κ3) is 3.50. The van der Waals surface area contributed by atoms with Crippen molar-refractivity contribution >= 4 is 11.8 Å². The van der Waals surface area contributed by atoms with Crippen molar-refractivity contribution in [3.05, 3.63) is 35.6 Å². The first-order chi connectivity index (χ1) is 7.34. The number of halogens is 1. The second-order valence-electron chi connectivity index (χ2n) is 4.00. The molecule has 0 saturated carbocycles. The molecule has 1 fully saturated rings. The van der Waals surface area contributed by atoms with Crippen LogP contribution in [0.2, 0.25) is 0 Å². The fourth-order valence-corrected chi connectivity index (χ4v) is 2.98. The average Bonchev–Trinajstić information content (AvgIpc) is 2.71. The summed E-state index contributed by atoms with van der Waals surface area (Å²) < 4.78 is 12.9. The van der Waals surface area contributed by atoms with Gasteiger partial charge in [-0.25, -0.2) is 4.39 Å². The molecule has 1 N–H and O–H groups in total. The normalized spacial score (nSPS) is 20.7. The molecule has 1 unspecified atom stereocenters. The van der Waals surface area contributed by atoms with Crippen LogP contribution in [-0.2, 0) is 5.75 Å². The van der Waals surface area contributed by atoms with Crippen molar-refractivity contribution in [2.24, 2.45) is 5.92 Å². The maximum absolute atomic E-state index is 12.9. The van der Waals surface area contributed by atoms with E-state index >= 15 is 0 Å². The van der Waals surface area contributed by atoms with Crippen LogP contribution in [0.15, 0.2) is 24.3 Å². The quantitative estimate of drug-likeness (QED) is 0.845. The van der Waals surface area contributed by atoms with Crippen molar-refractivity contribution in [3.8, 4) is 0 Å². The molecule has 3 heteroatoms. The number of thioether (sulfide) groups is 1. The Bertz CT molecular complexity index is 310. The first-order valence-electron chi connectivity index (χ1n) is 5.37. The number of nitrogens with one attached hydrogen (secondary N) is 1. The summed E-state index contributed by atoms with van der Waals surface area (Å²) in [7, 11) is 0. The minimum absolute atomic E-state index is 0.129. The summed E-state index contributed by atoms with van der Waals surface area (Å²) >= 11 is 1.91. The predicted octanol–water partition coefficient (Wildman–Crippen LogP) is 2.67. The van der Waals surface area contributed by atoms with Crippen LogP contribution >= 0.6 is 11.8 Å². The first kappa shape index (κ1) is 11.0. The topological polar surface area (TPSA) is 12.0 Å². The molecule has 1 atom stereocenters. The van der Waals surface area contributed by atoms with Crippen LogP contribution in [0.4, 0.5) is 4.39 Å². The summed E-state index contributed by atoms with van der Waals surface area (Å²) in [5, 5.41) is 3.36. The molecule has 0 bridgehead atoms. The van der Waals surface area contributed by atoms with Crippen molar-refractivity contribution in [3.63, 3.8) is 0 Å². The molecule has 2 rings (SSSR count). The van der Waals surface area contributed by atoms with E-state index in [-0.39, 0.29) is 5.82 Å². The van der Waals surface area contributed by atoms with Gasteiger partial charge in [-0.2, -0.15) is 11.8 Å². The van der Waals surface area contributed by atoms with Gasteiger partial charge < -0.3 is 5.32 Å². The number of benzene rings is 1. The largest absolute Gasteiger partial charge is 0.316 e. The van der Waals surface area contributed by atoms with Crippen molar-refractivity contribution in [1.29, 1.82) is 0 Å². The van der Waals surface area contributed by atoms with E-state index in [0.29, 0.717) is 0 Å². The highest BCUT2D eigenvalue weighted by molar-refractivity contribution is 7.98. The lowest BCUT2D eigenvalue weighted by Crippen LogP contribution is -2.10. The van der Waals surface area contributed by atoms with Crippen LogP contribution in [0.25, 0.3) is 0 Å². The number of hydrogen-bond donors (Lipinski definition) is 1. The maximum Gasteiger partial charge on any atom is 0.123 e. The molecular weight excluding hydrogens is 209 g/mol. The van der Waals surface area contributed by atoms with Gasteiger partial charge in [-0.05, 0) is 48.9 Å². The van der Waals surface area contributed by atoms with Crippen LogP contribution < -0.4 is 5.32 Å². The van der Waals surface area contributed by atoms with Crippen molar-refractivity contribution in [1.82, 2.24) is 5.32 Å². The lowest BCUT2D eigenvalue weighted by atomic mass is 10.2. The Balaban J connectivity index is 1.73. The molecule has 1 aliphatic heterocycles. The lowest BCUT2D eigenvalue weighted by Gasteiger charge is -2.07. The van der Waals surface area contributed by atoms with Gasteiger partial charge in [0.25, 0.3) is 0 Å². The molecule has 1 aliphatic rings. The zero-order valence-electron chi connectivity index (χ0n) is 8.71. The Labute approximate surface area is 94.5 Å². The molecule has 15 heavy (non-hydrogen) atoms. The fourth-order valence-electron chi connectivity index (χ4n) is 1.83. The second kappa shape index (κ2) is 5.52. The smallest absolute Gasteiger partial charge is 0.123 e. The third-order valence-corrected chi connectivity index (χ3v) is 3.92. The molecule has 0 spiro atoms. The summed E-state index contributed by atoms with van der Waals surface area (Å²) in [6.45, 7) is 2.31. The van der Waals surface area contributed by atoms with Gasteiger partial charge in [-0.1, -0.05) is 12.1 Å². The van der Waals surface area contributed by atoms with E-state index in [2.05, 4.69) is 5.32 Å². The number of hydrogen-bond acceptors (Lipinski definition) is 2. The van der Waals surface area contributed by atoms with Crippen LogP contribution in [0, 0.1) is 11.7 Å². The summed E-state index contributed by atoms with van der Waals surface area (Å²) in [4.78, 5) is 0. The van der Waals surface area contributed by atoms with Gasteiger partial charge in [-0.15, -0.1) is 0 Å². The highest BCUT2D eigenvalue weighted by Crippen LogP contribution is 2.19. The van der Waals surface area contributed by atoms with Gasteiger partial charge in [0.05, 0.1) is 0 Å². The van der Waals surface area contributed by atoms with E-state index in [1.165, 1.54) is 18.2 Å². The molecule has 0 aromatic heterocycles. The van der Waals surface area contributed by atoms with Gasteiger partial charge in [0.1, 0.15) is 5.82 Å². The van der Waals surface area contributed by atoms with Crippen LogP contribution in [0.1, 0.15) is 12.0 Å². The molecule has 82 valence electrons. The monoisotopic (exact) mass is 225 g/mol. The van der Waals surface area contributed by atoms with E-state index in [1.54, 1.807) is 12.1 Å². The molecular formula is C12H16FNS. The standard InChI is InChI=1S/C12H16FNS/c13-12-3-1-2-10(6-12)8-15-9-11-4-5-14-7-11/h1-3,6,11,14H,4-5,7-9H2. The van der Waals surface area contributed by atoms with Gasteiger partial charge in [0, 0.05) is 5.75 Å². The Hall–Kier alpha value is -0.540. The van der Waals surface area contributed by atoms with E-state index < -0.39 is 0 Å². The zero-order chi connectivity index (χ0) is 10.5. The summed E-state index contributed by atoms with van der Waals surface area (Å²) in [5.74, 6) is 2.79. The summed E-state index contributed by atoms with van der Waals surface area (Å²) in [6, 6.07) is 6.89. The minimum Gasteiger partial charge on any atom is -0.316 e. The predicted molar refractivity (Wildman–Crippen MR) is 63.5 cm³/mol. The van der Waals surface area contributed by atoms with Gasteiger partial charge >= 0.3 is 0 Å². The number of rotatable bonds is 4. The van der Waals surface area contributed by atoms with E-state index in [1.807, 2.05) is 17.8 Å². The highest BCUT2D eigenvalue weighted by Gasteiger charge is 2.13. The Morgan fingerprint density at radius 2 is 2.40 bits per heavy atom. The Kier molecular flexibility index (Phi) is 4.03. The van der Waals surface area contributed by atoms with Gasteiger partial charge in [0.15, 0.2) is 0 Å². The minimum atomic E-state index is -0.129. The Morgan fingerprint density at radius 1 is 1.47 bits per heavy atom. The zero-order valence-corrected chi connectivity index (χ0v) is 9.52. The van der Waals surface area contributed by atoms with E-state index in [9.17, 15) is 4.39 Å². The van der Waals surface area contributed by atoms with E-state index in [4.69, 9.17) is 0 Å². The van der Waals surface area contributed by atoms with Crippen LogP contribution in [-0.4, -0.2) is 18.8 Å². The summed E-state index contributed by atoms with van der Waals surface area (Å²) in [5.41, 5.74) is 1.09. The maximum atomic E-state index is 12.9. The van der Waals surface area contributed by atoms with Crippen molar-refractivity contribution < 1.29 is 4.39 Å². The molecule has 0 aliphatic carbocycles. The average molecular weight is 225 g/mol. The van der Waals surface area contributed by atoms with Crippen LogP contribution in [0.3, 0.4) is 0 Å². The molecule has 1 saturated heterocycles. The van der Waals surface area contributed by atoms with Crippen LogP contribution in [0.5, 0.6) is 0 Å². The molecule has 1 aromatic rings. The molecule has 0 radical (unpaired) electrons. The van der Waals surface area contributed by atoms with E-state index in [0.717, 1.165) is 30.3 Å². The summed E-state index contributed by atoms with van der Waals surface area (Å²) in [6.07, 6.45) is 1.29. The van der Waals surface area contributed by atoms with Gasteiger partial charge in [0.2, 0.25) is 0 Å². The van der Waals surface area contributed by atoms with Gasteiger partial charge in [-0.3, -0.25) is 0 Å². The molecule has 0 amide bonds. The van der Waals surface area contributed by atoms with Crippen molar-refractivity contribution in [2.75, 3.05) is 18.8 Å². The first-order valence-corrected chi connectivity index (χ1v) is 6.53.